The molecule has 0 saturated heterocycles. The van der Waals surface area contributed by atoms with Crippen LogP contribution >= 0.6 is 11.6 Å². The highest BCUT2D eigenvalue weighted by molar-refractivity contribution is 6.32. The molecule has 0 aromatic heterocycles. The van der Waals surface area contributed by atoms with E-state index in [1.807, 2.05) is 6.07 Å². The van der Waals surface area contributed by atoms with Crippen molar-refractivity contribution in [3.63, 3.8) is 0 Å². The highest BCUT2D eigenvalue weighted by Crippen LogP contribution is 2.25. The van der Waals surface area contributed by atoms with Crippen molar-refractivity contribution in [1.29, 1.82) is 5.26 Å². The molecule has 0 bridgehead atoms. The zero-order valence-corrected chi connectivity index (χ0v) is 11.2. The minimum absolute atomic E-state index is 0.0736. The summed E-state index contributed by atoms with van der Waals surface area (Å²) in [6.45, 7) is 0.422. The second-order valence-corrected chi connectivity index (χ2v) is 4.40. The Morgan fingerprint density at radius 3 is 2.78 bits per heavy atom. The molecule has 1 rings (SSSR count). The third-order valence-corrected chi connectivity index (χ3v) is 2.65. The van der Waals surface area contributed by atoms with Gasteiger partial charge in [-0.05, 0) is 24.6 Å². The summed E-state index contributed by atoms with van der Waals surface area (Å²) in [4.78, 5) is 12.9. The molecule has 1 amide bonds. The Balaban J connectivity index is 2.41. The molecule has 0 saturated carbocycles. The Bertz CT molecular complexity index is 467. The molecule has 0 atom stereocenters. The van der Waals surface area contributed by atoms with Crippen LogP contribution < -0.4 is 4.74 Å². The Morgan fingerprint density at radius 2 is 2.22 bits per heavy atom. The number of halogens is 1. The molecule has 0 radical (unpaired) electrons. The summed E-state index contributed by atoms with van der Waals surface area (Å²) >= 11 is 5.95. The maximum absolute atomic E-state index is 11.3. The van der Waals surface area contributed by atoms with E-state index in [2.05, 4.69) is 0 Å². The van der Waals surface area contributed by atoms with Crippen LogP contribution in [0, 0.1) is 11.3 Å². The predicted molar refractivity (Wildman–Crippen MR) is 69.6 cm³/mol. The van der Waals surface area contributed by atoms with E-state index in [0.29, 0.717) is 35.8 Å². The molecule has 0 spiro atoms. The SMILES string of the molecule is CN(C)C(=O)CCCOc1ccc(C#N)cc1Cl. The van der Waals surface area contributed by atoms with Crippen LogP contribution in [0.3, 0.4) is 0 Å². The van der Waals surface area contributed by atoms with E-state index in [9.17, 15) is 4.79 Å². The van der Waals surface area contributed by atoms with Gasteiger partial charge in [-0.3, -0.25) is 4.79 Å². The molecule has 18 heavy (non-hydrogen) atoms. The third kappa shape index (κ3) is 4.27. The first-order valence-corrected chi connectivity index (χ1v) is 5.95. The Hall–Kier alpha value is -1.73. The molecule has 4 nitrogen and oxygen atoms in total. The van der Waals surface area contributed by atoms with Crippen molar-refractivity contribution in [1.82, 2.24) is 4.90 Å². The standard InChI is InChI=1S/C13H15ClN2O2/c1-16(2)13(17)4-3-7-18-12-6-5-10(9-15)8-11(12)14/h5-6,8H,3-4,7H2,1-2H3. The maximum Gasteiger partial charge on any atom is 0.222 e. The van der Waals surface area contributed by atoms with Crippen LogP contribution in [0.5, 0.6) is 5.75 Å². The third-order valence-electron chi connectivity index (χ3n) is 2.35. The molecule has 5 heteroatoms. The van der Waals surface area contributed by atoms with E-state index >= 15 is 0 Å². The van der Waals surface area contributed by atoms with E-state index in [0.717, 1.165) is 0 Å². The van der Waals surface area contributed by atoms with Crippen molar-refractivity contribution in [2.24, 2.45) is 0 Å². The van der Waals surface area contributed by atoms with Gasteiger partial charge >= 0.3 is 0 Å². The van der Waals surface area contributed by atoms with Crippen molar-refractivity contribution in [2.75, 3.05) is 20.7 Å². The molecule has 0 unspecified atom stereocenters. The van der Waals surface area contributed by atoms with E-state index < -0.39 is 0 Å². The minimum Gasteiger partial charge on any atom is -0.492 e. The van der Waals surface area contributed by atoms with Crippen molar-refractivity contribution >= 4 is 17.5 Å². The summed E-state index contributed by atoms with van der Waals surface area (Å²) in [6, 6.07) is 6.86. The molecular weight excluding hydrogens is 252 g/mol. The number of nitrogens with zero attached hydrogens (tertiary/aromatic N) is 2. The molecule has 0 aliphatic rings. The molecule has 1 aromatic rings. The number of hydrogen-bond donors (Lipinski definition) is 0. The van der Waals surface area contributed by atoms with Gasteiger partial charge < -0.3 is 9.64 Å². The number of carbonyl (C=O) groups is 1. The highest BCUT2D eigenvalue weighted by Gasteiger charge is 2.05. The van der Waals surface area contributed by atoms with Gasteiger partial charge in [0.25, 0.3) is 0 Å². The van der Waals surface area contributed by atoms with E-state index in [1.165, 1.54) is 0 Å². The van der Waals surface area contributed by atoms with Crippen LogP contribution in [0.4, 0.5) is 0 Å². The van der Waals surface area contributed by atoms with Gasteiger partial charge in [0.05, 0.1) is 23.3 Å². The monoisotopic (exact) mass is 266 g/mol. The van der Waals surface area contributed by atoms with Crippen LogP contribution in [-0.2, 0) is 4.79 Å². The lowest BCUT2D eigenvalue weighted by Crippen LogP contribution is -2.21. The second-order valence-electron chi connectivity index (χ2n) is 4.00. The lowest BCUT2D eigenvalue weighted by Gasteiger charge is -2.11. The smallest absolute Gasteiger partial charge is 0.222 e. The van der Waals surface area contributed by atoms with Gasteiger partial charge in [0.2, 0.25) is 5.91 Å². The lowest BCUT2D eigenvalue weighted by molar-refractivity contribution is -0.128. The van der Waals surface area contributed by atoms with Crippen LogP contribution in [0.2, 0.25) is 5.02 Å². The van der Waals surface area contributed by atoms with Crippen LogP contribution in [0.15, 0.2) is 18.2 Å². The average Bonchev–Trinajstić information content (AvgIpc) is 2.35. The zero-order chi connectivity index (χ0) is 13.5. The average molecular weight is 267 g/mol. The van der Waals surface area contributed by atoms with Gasteiger partial charge in [-0.2, -0.15) is 5.26 Å². The second kappa shape index (κ2) is 6.87. The molecule has 96 valence electrons. The van der Waals surface area contributed by atoms with Crippen LogP contribution in [0.1, 0.15) is 18.4 Å². The summed E-state index contributed by atoms with van der Waals surface area (Å²) in [6.07, 6.45) is 1.08. The lowest BCUT2D eigenvalue weighted by atomic mass is 10.2. The Morgan fingerprint density at radius 1 is 1.50 bits per heavy atom. The summed E-state index contributed by atoms with van der Waals surface area (Å²) in [5.74, 6) is 0.609. The number of hydrogen-bond acceptors (Lipinski definition) is 3. The van der Waals surface area contributed by atoms with E-state index in [1.54, 1.807) is 37.2 Å². The summed E-state index contributed by atoms with van der Waals surface area (Å²) < 4.78 is 5.45. The molecule has 0 fully saturated rings. The predicted octanol–water partition coefficient (Wildman–Crippen LogP) is 2.46. The summed E-state index contributed by atoms with van der Waals surface area (Å²) in [5.41, 5.74) is 0.495. The van der Waals surface area contributed by atoms with Crippen molar-refractivity contribution < 1.29 is 9.53 Å². The normalized spacial score (nSPS) is 9.67. The Kier molecular flexibility index (Phi) is 5.47. The topological polar surface area (TPSA) is 53.3 Å². The largest absolute Gasteiger partial charge is 0.492 e. The first kappa shape index (κ1) is 14.3. The van der Waals surface area contributed by atoms with Gasteiger partial charge in [0.15, 0.2) is 0 Å². The van der Waals surface area contributed by atoms with Crippen molar-refractivity contribution in [3.05, 3.63) is 28.8 Å². The minimum atomic E-state index is 0.0736. The maximum atomic E-state index is 11.3. The zero-order valence-electron chi connectivity index (χ0n) is 10.4. The number of benzene rings is 1. The number of amides is 1. The van der Waals surface area contributed by atoms with Crippen LogP contribution in [-0.4, -0.2) is 31.5 Å². The number of nitriles is 1. The summed E-state index contributed by atoms with van der Waals surface area (Å²) in [7, 11) is 3.45. The van der Waals surface area contributed by atoms with Crippen molar-refractivity contribution in [3.8, 4) is 11.8 Å². The van der Waals surface area contributed by atoms with E-state index in [4.69, 9.17) is 21.6 Å². The first-order chi connectivity index (χ1) is 8.54. The highest BCUT2D eigenvalue weighted by atomic mass is 35.5. The van der Waals surface area contributed by atoms with Crippen molar-refractivity contribution in [2.45, 2.75) is 12.8 Å². The molecular formula is C13H15ClN2O2. The fourth-order valence-electron chi connectivity index (χ4n) is 1.32. The van der Waals surface area contributed by atoms with Gasteiger partial charge in [0.1, 0.15) is 5.75 Å². The molecule has 0 aliphatic heterocycles. The van der Waals surface area contributed by atoms with Gasteiger partial charge in [-0.25, -0.2) is 0 Å². The Labute approximate surface area is 112 Å². The number of carbonyl (C=O) groups excluding carboxylic acids is 1. The first-order valence-electron chi connectivity index (χ1n) is 5.57. The fraction of sp³-hybridized carbons (Fsp3) is 0.385. The molecule has 1 aromatic carbocycles. The number of ether oxygens (including phenoxy) is 1. The van der Waals surface area contributed by atoms with Crippen LogP contribution in [0.25, 0.3) is 0 Å². The van der Waals surface area contributed by atoms with Gasteiger partial charge in [-0.15, -0.1) is 0 Å². The van der Waals surface area contributed by atoms with Gasteiger partial charge in [-0.1, -0.05) is 11.6 Å². The summed E-state index contributed by atoms with van der Waals surface area (Å²) in [5, 5.41) is 9.10. The quantitative estimate of drug-likeness (QED) is 0.770. The van der Waals surface area contributed by atoms with Gasteiger partial charge in [0, 0.05) is 20.5 Å². The number of rotatable bonds is 5. The fourth-order valence-corrected chi connectivity index (χ4v) is 1.55. The molecule has 0 N–H and O–H groups in total. The molecule has 0 aliphatic carbocycles. The molecule has 0 heterocycles. The van der Waals surface area contributed by atoms with E-state index in [-0.39, 0.29) is 5.91 Å².